The van der Waals surface area contributed by atoms with Gasteiger partial charge in [-0.1, -0.05) is 6.58 Å². The van der Waals surface area contributed by atoms with Crippen molar-refractivity contribution in [2.45, 2.75) is 25.2 Å². The Morgan fingerprint density at radius 3 is 2.40 bits per heavy atom. The van der Waals surface area contributed by atoms with Gasteiger partial charge in [0.25, 0.3) is 0 Å². The largest absolute Gasteiger partial charge is 0.440 e. The molecule has 0 rings (SSSR count). The summed E-state index contributed by atoms with van der Waals surface area (Å²) in [6.45, 7) is 4.37. The van der Waals surface area contributed by atoms with E-state index in [4.69, 9.17) is 9.66 Å². The van der Waals surface area contributed by atoms with E-state index in [0.717, 1.165) is 0 Å². The van der Waals surface area contributed by atoms with E-state index < -0.39 is 21.5 Å². The van der Waals surface area contributed by atoms with Gasteiger partial charge in [0.2, 0.25) is 5.44 Å². The standard InChI is InChI=1S/C8H14O6S/c1-6(2)8(10)14-7(4-3-5-9)15(11,12)13/h7,9H,1,3-5H2,2H3,(H,11,12,13). The van der Waals surface area contributed by atoms with E-state index in [1.165, 1.54) is 6.92 Å². The van der Waals surface area contributed by atoms with Crippen LogP contribution in [0.5, 0.6) is 0 Å². The maximum atomic E-state index is 11.0. The van der Waals surface area contributed by atoms with Crippen molar-refractivity contribution in [3.05, 3.63) is 12.2 Å². The zero-order chi connectivity index (χ0) is 12.1. The Hall–Kier alpha value is -0.920. The zero-order valence-electron chi connectivity index (χ0n) is 8.34. The van der Waals surface area contributed by atoms with Crippen LogP contribution in [-0.2, 0) is 19.6 Å². The van der Waals surface area contributed by atoms with Crippen molar-refractivity contribution in [1.29, 1.82) is 0 Å². The highest BCUT2D eigenvalue weighted by atomic mass is 32.2. The van der Waals surface area contributed by atoms with Gasteiger partial charge < -0.3 is 9.84 Å². The molecule has 1 atom stereocenters. The normalized spacial score (nSPS) is 13.3. The van der Waals surface area contributed by atoms with Crippen LogP contribution in [0.2, 0.25) is 0 Å². The topological polar surface area (TPSA) is 101 Å². The highest BCUT2D eigenvalue weighted by Crippen LogP contribution is 2.11. The molecule has 0 aromatic rings. The average Bonchev–Trinajstić information content (AvgIpc) is 2.09. The molecule has 0 saturated heterocycles. The monoisotopic (exact) mass is 238 g/mol. The zero-order valence-corrected chi connectivity index (χ0v) is 9.16. The van der Waals surface area contributed by atoms with Crippen LogP contribution >= 0.6 is 0 Å². The van der Waals surface area contributed by atoms with Crippen LogP contribution in [0.25, 0.3) is 0 Å². The minimum absolute atomic E-state index is 0.0349. The molecular weight excluding hydrogens is 224 g/mol. The van der Waals surface area contributed by atoms with Crippen LogP contribution in [-0.4, -0.2) is 36.1 Å². The lowest BCUT2D eigenvalue weighted by atomic mass is 10.3. The molecule has 6 nitrogen and oxygen atoms in total. The number of hydrogen-bond donors (Lipinski definition) is 2. The van der Waals surface area contributed by atoms with E-state index in [1.54, 1.807) is 0 Å². The lowest BCUT2D eigenvalue weighted by molar-refractivity contribution is -0.141. The maximum Gasteiger partial charge on any atom is 0.334 e. The Labute approximate surface area is 88.3 Å². The molecule has 0 bridgehead atoms. The SMILES string of the molecule is C=C(C)C(=O)OC(CCCO)S(=O)(=O)O. The summed E-state index contributed by atoms with van der Waals surface area (Å²) in [7, 11) is -4.46. The number of aliphatic hydroxyl groups is 1. The van der Waals surface area contributed by atoms with Gasteiger partial charge in [0, 0.05) is 18.6 Å². The van der Waals surface area contributed by atoms with E-state index in [1.807, 2.05) is 0 Å². The molecule has 0 aliphatic carbocycles. The average molecular weight is 238 g/mol. The molecule has 0 spiro atoms. The van der Waals surface area contributed by atoms with E-state index >= 15 is 0 Å². The predicted octanol–water partition coefficient (Wildman–Crippen LogP) is 0.0921. The highest BCUT2D eigenvalue weighted by Gasteiger charge is 2.26. The Bertz CT molecular complexity index is 331. The number of esters is 1. The smallest absolute Gasteiger partial charge is 0.334 e. The van der Waals surface area contributed by atoms with E-state index in [0.29, 0.717) is 0 Å². The lowest BCUT2D eigenvalue weighted by Gasteiger charge is -2.14. The van der Waals surface area contributed by atoms with Crippen LogP contribution in [0.1, 0.15) is 19.8 Å². The van der Waals surface area contributed by atoms with Crippen LogP contribution < -0.4 is 0 Å². The van der Waals surface area contributed by atoms with Gasteiger partial charge in [0.15, 0.2) is 0 Å². The van der Waals surface area contributed by atoms with E-state index in [2.05, 4.69) is 11.3 Å². The Morgan fingerprint density at radius 2 is 2.07 bits per heavy atom. The van der Waals surface area contributed by atoms with Crippen LogP contribution in [0.15, 0.2) is 12.2 Å². The van der Waals surface area contributed by atoms with Gasteiger partial charge in [-0.2, -0.15) is 8.42 Å². The Kier molecular flexibility index (Phi) is 5.48. The molecule has 0 amide bonds. The van der Waals surface area contributed by atoms with E-state index in [-0.39, 0.29) is 25.0 Å². The van der Waals surface area contributed by atoms with Crippen molar-refractivity contribution in [3.63, 3.8) is 0 Å². The maximum absolute atomic E-state index is 11.0. The first-order valence-corrected chi connectivity index (χ1v) is 5.73. The van der Waals surface area contributed by atoms with Gasteiger partial charge in [-0.3, -0.25) is 4.55 Å². The van der Waals surface area contributed by atoms with Crippen molar-refractivity contribution in [2.75, 3.05) is 6.61 Å². The van der Waals surface area contributed by atoms with Crippen molar-refractivity contribution in [2.24, 2.45) is 0 Å². The molecule has 1 unspecified atom stereocenters. The third-order valence-corrected chi connectivity index (χ3v) is 2.51. The first kappa shape index (κ1) is 14.1. The predicted molar refractivity (Wildman–Crippen MR) is 52.6 cm³/mol. The van der Waals surface area contributed by atoms with Gasteiger partial charge in [0.05, 0.1) is 0 Å². The van der Waals surface area contributed by atoms with Crippen molar-refractivity contribution in [3.8, 4) is 0 Å². The molecule has 0 aromatic carbocycles. The lowest BCUT2D eigenvalue weighted by Crippen LogP contribution is -2.27. The molecule has 0 fully saturated rings. The van der Waals surface area contributed by atoms with Crippen molar-refractivity contribution >= 4 is 16.1 Å². The molecular formula is C8H14O6S. The summed E-state index contributed by atoms with van der Waals surface area (Å²) in [5.41, 5.74) is -1.61. The first-order chi connectivity index (χ1) is 6.79. The van der Waals surface area contributed by atoms with Gasteiger partial charge in [-0.05, 0) is 13.3 Å². The van der Waals surface area contributed by atoms with E-state index in [9.17, 15) is 13.2 Å². The summed E-state index contributed by atoms with van der Waals surface area (Å²) < 4.78 is 34.7. The minimum Gasteiger partial charge on any atom is -0.440 e. The second-order valence-electron chi connectivity index (χ2n) is 3.00. The van der Waals surface area contributed by atoms with Crippen LogP contribution in [0.3, 0.4) is 0 Å². The second kappa shape index (κ2) is 5.84. The van der Waals surface area contributed by atoms with Crippen LogP contribution in [0.4, 0.5) is 0 Å². The van der Waals surface area contributed by atoms with Gasteiger partial charge in [-0.25, -0.2) is 4.79 Å². The minimum atomic E-state index is -4.46. The third kappa shape index (κ3) is 5.50. The molecule has 0 aliphatic heterocycles. The second-order valence-corrected chi connectivity index (χ2v) is 4.55. The molecule has 7 heteroatoms. The molecule has 0 radical (unpaired) electrons. The summed E-state index contributed by atoms with van der Waals surface area (Å²) in [5, 5.41) is 8.49. The quantitative estimate of drug-likeness (QED) is 0.386. The van der Waals surface area contributed by atoms with Gasteiger partial charge >= 0.3 is 16.1 Å². The Morgan fingerprint density at radius 1 is 1.53 bits per heavy atom. The van der Waals surface area contributed by atoms with Crippen molar-refractivity contribution < 1.29 is 27.6 Å². The highest BCUT2D eigenvalue weighted by molar-refractivity contribution is 7.86. The summed E-state index contributed by atoms with van der Waals surface area (Å²) in [6.07, 6.45) is -0.0533. The van der Waals surface area contributed by atoms with Gasteiger partial charge in [-0.15, -0.1) is 0 Å². The molecule has 0 heterocycles. The number of aliphatic hydroxyl groups excluding tert-OH is 1. The number of rotatable bonds is 6. The summed E-state index contributed by atoms with van der Waals surface area (Å²) >= 11 is 0. The fraction of sp³-hybridized carbons (Fsp3) is 0.625. The fourth-order valence-corrected chi connectivity index (χ4v) is 1.42. The van der Waals surface area contributed by atoms with Gasteiger partial charge in [0.1, 0.15) is 0 Å². The Balaban J connectivity index is 4.53. The summed E-state index contributed by atoms with van der Waals surface area (Å²) in [6, 6.07) is 0. The van der Waals surface area contributed by atoms with Crippen LogP contribution in [0, 0.1) is 0 Å². The summed E-state index contributed by atoms with van der Waals surface area (Å²) in [4.78, 5) is 11.0. The first-order valence-electron chi connectivity index (χ1n) is 4.22. The molecule has 0 aliphatic rings. The molecule has 0 saturated carbocycles. The number of carbonyl (C=O) groups excluding carboxylic acids is 1. The van der Waals surface area contributed by atoms with Crippen molar-refractivity contribution in [1.82, 2.24) is 0 Å². The fourth-order valence-electron chi connectivity index (χ4n) is 0.747. The number of carbonyl (C=O) groups is 1. The number of hydrogen-bond acceptors (Lipinski definition) is 5. The third-order valence-electron chi connectivity index (χ3n) is 1.52. The number of ether oxygens (including phenoxy) is 1. The molecule has 0 aromatic heterocycles. The molecule has 88 valence electrons. The molecule has 15 heavy (non-hydrogen) atoms. The molecule has 2 N–H and O–H groups in total. The summed E-state index contributed by atoms with van der Waals surface area (Å²) in [5.74, 6) is -0.893.